The first-order valence-electron chi connectivity index (χ1n) is 15.3. The van der Waals surface area contributed by atoms with Crippen molar-refractivity contribution in [3.63, 3.8) is 0 Å². The van der Waals surface area contributed by atoms with Gasteiger partial charge in [-0.25, -0.2) is 14.4 Å². The smallest absolute Gasteiger partial charge is 0.248 e. The largest absolute Gasteiger partial charge is 0.491 e. The molecule has 2 aliphatic carbocycles. The summed E-state index contributed by atoms with van der Waals surface area (Å²) in [4.78, 5) is 24.4. The molecule has 0 spiro atoms. The Labute approximate surface area is 251 Å². The van der Waals surface area contributed by atoms with Crippen molar-refractivity contribution in [2.75, 3.05) is 36.9 Å². The summed E-state index contributed by atoms with van der Waals surface area (Å²) in [6, 6.07) is 8.09. The summed E-state index contributed by atoms with van der Waals surface area (Å²) in [7, 11) is 0. The van der Waals surface area contributed by atoms with Crippen molar-refractivity contribution in [3.8, 4) is 5.75 Å². The number of nitrogens with zero attached hydrogens (tertiary/aromatic N) is 3. The van der Waals surface area contributed by atoms with Crippen LogP contribution in [0.2, 0.25) is 5.02 Å². The van der Waals surface area contributed by atoms with E-state index in [-0.39, 0.29) is 10.9 Å². The highest BCUT2D eigenvalue weighted by Crippen LogP contribution is 2.38. The number of amides is 1. The molecule has 0 bridgehead atoms. The van der Waals surface area contributed by atoms with Crippen LogP contribution in [0, 0.1) is 29.5 Å². The molecule has 4 unspecified atom stereocenters. The quantitative estimate of drug-likeness (QED) is 0.236. The second-order valence-corrected chi connectivity index (χ2v) is 12.6. The molecule has 6 rings (SSSR count). The Balaban J connectivity index is 1.20. The SMILES string of the molecule is CC1CCCC1CCOc1cc2ncnc(Nc3ccc(F)c(Cl)c3)c2cc1NC(=O)/C=C/CN1CC2CCCC2C1. The Morgan fingerprint density at radius 1 is 1.12 bits per heavy atom. The molecule has 3 aromatic rings. The number of hydrogen-bond acceptors (Lipinski definition) is 6. The van der Waals surface area contributed by atoms with E-state index in [9.17, 15) is 9.18 Å². The molecule has 0 radical (unpaired) electrons. The molecule has 2 N–H and O–H groups in total. The number of halogens is 2. The lowest BCUT2D eigenvalue weighted by Gasteiger charge is -2.18. The van der Waals surface area contributed by atoms with Gasteiger partial charge in [-0.05, 0) is 67.2 Å². The average molecular weight is 592 g/mol. The molecule has 3 aliphatic rings. The van der Waals surface area contributed by atoms with Crippen LogP contribution in [0.1, 0.15) is 51.9 Å². The molecular weight excluding hydrogens is 553 g/mol. The third kappa shape index (κ3) is 6.70. The number of carbonyl (C=O) groups excluding carboxylic acids is 1. The van der Waals surface area contributed by atoms with Crippen LogP contribution in [0.4, 0.5) is 21.6 Å². The first-order chi connectivity index (χ1) is 20.4. The Morgan fingerprint density at radius 2 is 1.93 bits per heavy atom. The summed E-state index contributed by atoms with van der Waals surface area (Å²) >= 11 is 5.99. The van der Waals surface area contributed by atoms with E-state index in [2.05, 4.69) is 32.4 Å². The van der Waals surface area contributed by atoms with Gasteiger partial charge in [0.2, 0.25) is 5.91 Å². The van der Waals surface area contributed by atoms with Gasteiger partial charge in [0.15, 0.2) is 0 Å². The third-order valence-corrected chi connectivity index (χ3v) is 9.69. The normalized spacial score (nSPS) is 24.0. The number of fused-ring (bicyclic) bond motifs is 2. The zero-order valence-electron chi connectivity index (χ0n) is 24.1. The predicted molar refractivity (Wildman–Crippen MR) is 166 cm³/mol. The number of aromatic nitrogens is 2. The maximum atomic E-state index is 13.7. The zero-order chi connectivity index (χ0) is 29.1. The first kappa shape index (κ1) is 28.9. The number of ether oxygens (including phenoxy) is 1. The molecule has 1 amide bonds. The van der Waals surface area contributed by atoms with Gasteiger partial charge in [0, 0.05) is 42.9 Å². The Bertz CT molecular complexity index is 1450. The summed E-state index contributed by atoms with van der Waals surface area (Å²) in [5, 5.41) is 6.95. The van der Waals surface area contributed by atoms with E-state index in [1.54, 1.807) is 12.1 Å². The number of hydrogen-bond donors (Lipinski definition) is 2. The van der Waals surface area contributed by atoms with Crippen LogP contribution in [0.25, 0.3) is 10.9 Å². The van der Waals surface area contributed by atoms with E-state index in [1.165, 1.54) is 57.0 Å². The van der Waals surface area contributed by atoms with E-state index in [4.69, 9.17) is 16.3 Å². The zero-order valence-corrected chi connectivity index (χ0v) is 24.9. The lowest BCUT2D eigenvalue weighted by atomic mass is 9.95. The maximum absolute atomic E-state index is 13.7. The van der Waals surface area contributed by atoms with Crippen molar-refractivity contribution in [1.29, 1.82) is 0 Å². The van der Waals surface area contributed by atoms with Crippen molar-refractivity contribution in [2.45, 2.75) is 51.9 Å². The molecule has 1 aliphatic heterocycles. The van der Waals surface area contributed by atoms with Gasteiger partial charge in [-0.15, -0.1) is 0 Å². The lowest BCUT2D eigenvalue weighted by Crippen LogP contribution is -2.22. The molecule has 2 heterocycles. The van der Waals surface area contributed by atoms with Gasteiger partial charge in [0.05, 0.1) is 22.8 Å². The highest BCUT2D eigenvalue weighted by atomic mass is 35.5. The Hall–Kier alpha value is -3.23. The Morgan fingerprint density at radius 3 is 2.69 bits per heavy atom. The summed E-state index contributed by atoms with van der Waals surface area (Å²) in [6.45, 7) is 5.94. The maximum Gasteiger partial charge on any atom is 0.248 e. The molecule has 4 atom stereocenters. The van der Waals surface area contributed by atoms with Gasteiger partial charge in [0.25, 0.3) is 0 Å². The van der Waals surface area contributed by atoms with Gasteiger partial charge in [-0.3, -0.25) is 9.69 Å². The van der Waals surface area contributed by atoms with Crippen LogP contribution in [0.5, 0.6) is 5.75 Å². The molecule has 42 heavy (non-hydrogen) atoms. The summed E-state index contributed by atoms with van der Waals surface area (Å²) in [5.41, 5.74) is 1.81. The van der Waals surface area contributed by atoms with E-state index in [0.717, 1.165) is 37.9 Å². The number of nitrogens with one attached hydrogen (secondary N) is 2. The molecule has 2 saturated carbocycles. The average Bonchev–Trinajstić information content (AvgIpc) is 3.68. The number of benzene rings is 2. The fourth-order valence-corrected chi connectivity index (χ4v) is 7.23. The molecule has 7 nitrogen and oxygen atoms in total. The van der Waals surface area contributed by atoms with E-state index >= 15 is 0 Å². The van der Waals surface area contributed by atoms with Crippen LogP contribution in [-0.2, 0) is 4.79 Å². The minimum absolute atomic E-state index is 0.0162. The minimum Gasteiger partial charge on any atom is -0.491 e. The minimum atomic E-state index is -0.491. The third-order valence-electron chi connectivity index (χ3n) is 9.40. The number of likely N-dealkylation sites (tertiary alicyclic amines) is 1. The number of rotatable bonds is 10. The molecule has 2 aromatic carbocycles. The van der Waals surface area contributed by atoms with E-state index in [0.29, 0.717) is 52.3 Å². The van der Waals surface area contributed by atoms with Gasteiger partial charge >= 0.3 is 0 Å². The van der Waals surface area contributed by atoms with E-state index < -0.39 is 5.82 Å². The van der Waals surface area contributed by atoms with Crippen molar-refractivity contribution in [1.82, 2.24) is 14.9 Å². The molecule has 1 saturated heterocycles. The standard InChI is InChI=1S/C33H39ClFN5O2/c1-21-5-2-6-22(21)12-14-42-31-17-29-26(33(37-20-36-29)38-25-10-11-28(35)27(34)15-25)16-30(31)39-32(41)9-4-13-40-18-23-7-3-8-24(23)19-40/h4,9-11,15-17,20-24H,2-3,5-8,12-14,18-19H2,1H3,(H,39,41)(H,36,37,38)/b9-4+. The van der Waals surface area contributed by atoms with Crippen molar-refractivity contribution >= 4 is 45.6 Å². The van der Waals surface area contributed by atoms with Crippen LogP contribution in [0.15, 0.2) is 48.8 Å². The molecular formula is C33H39ClFN5O2. The summed E-state index contributed by atoms with van der Waals surface area (Å²) in [6.07, 6.45) is 13.8. The topological polar surface area (TPSA) is 79.4 Å². The monoisotopic (exact) mass is 591 g/mol. The van der Waals surface area contributed by atoms with Crippen LogP contribution in [0.3, 0.4) is 0 Å². The first-order valence-corrected chi connectivity index (χ1v) is 15.6. The van der Waals surface area contributed by atoms with Crippen LogP contribution in [-0.4, -0.2) is 47.0 Å². The van der Waals surface area contributed by atoms with Gasteiger partial charge in [-0.1, -0.05) is 50.3 Å². The van der Waals surface area contributed by atoms with Gasteiger partial charge < -0.3 is 15.4 Å². The highest BCUT2D eigenvalue weighted by Gasteiger charge is 2.35. The molecule has 9 heteroatoms. The number of carbonyl (C=O) groups is 1. The lowest BCUT2D eigenvalue weighted by molar-refractivity contribution is -0.111. The van der Waals surface area contributed by atoms with Crippen molar-refractivity contribution in [3.05, 3.63) is 59.7 Å². The molecule has 1 aromatic heterocycles. The number of anilines is 3. The van der Waals surface area contributed by atoms with Crippen LogP contribution >= 0.6 is 11.6 Å². The highest BCUT2D eigenvalue weighted by molar-refractivity contribution is 6.31. The Kier molecular flexibility index (Phi) is 8.91. The van der Waals surface area contributed by atoms with Crippen molar-refractivity contribution < 1.29 is 13.9 Å². The summed E-state index contributed by atoms with van der Waals surface area (Å²) < 4.78 is 20.0. The van der Waals surface area contributed by atoms with Gasteiger partial charge in [-0.2, -0.15) is 0 Å². The molecule has 222 valence electrons. The van der Waals surface area contributed by atoms with E-state index in [1.807, 2.05) is 18.2 Å². The predicted octanol–water partition coefficient (Wildman–Crippen LogP) is 7.60. The molecule has 3 fully saturated rings. The second kappa shape index (κ2) is 13.0. The fourth-order valence-electron chi connectivity index (χ4n) is 7.05. The second-order valence-electron chi connectivity index (χ2n) is 12.2. The summed E-state index contributed by atoms with van der Waals surface area (Å²) in [5.74, 6) is 3.42. The van der Waals surface area contributed by atoms with Crippen LogP contribution < -0.4 is 15.4 Å². The van der Waals surface area contributed by atoms with Gasteiger partial charge in [0.1, 0.15) is 23.7 Å². The van der Waals surface area contributed by atoms with Crippen molar-refractivity contribution in [2.24, 2.45) is 23.7 Å². The fraction of sp³-hybridized carbons (Fsp3) is 0.485.